The Hall–Kier alpha value is -2.18. The Morgan fingerprint density at radius 1 is 0.926 bits per heavy atom. The average molecular weight is 389 g/mol. The number of carbonyl (C=O) groups excluding carboxylic acids is 1. The maximum absolute atomic E-state index is 12.7. The number of aryl methyl sites for hydroxylation is 2. The molecule has 146 valence electrons. The first kappa shape index (κ1) is 21.1. The molecule has 2 N–H and O–H groups in total. The Bertz CT molecular complexity index is 890. The van der Waals surface area contributed by atoms with Crippen LogP contribution in [0, 0.1) is 19.8 Å². The Morgan fingerprint density at radius 2 is 1.52 bits per heavy atom. The van der Waals surface area contributed by atoms with Crippen LogP contribution < -0.4 is 10.0 Å². The van der Waals surface area contributed by atoms with E-state index in [0.717, 1.165) is 16.7 Å². The first-order valence-electron chi connectivity index (χ1n) is 9.06. The summed E-state index contributed by atoms with van der Waals surface area (Å²) >= 11 is 0. The lowest BCUT2D eigenvalue weighted by molar-refractivity contribution is -0.123. The fraction of sp³-hybridized carbons (Fsp3) is 0.381. The number of hydrogen-bond donors (Lipinski definition) is 2. The zero-order valence-electron chi connectivity index (χ0n) is 16.5. The summed E-state index contributed by atoms with van der Waals surface area (Å²) in [7, 11) is -3.76. The van der Waals surface area contributed by atoms with Gasteiger partial charge in [-0.2, -0.15) is 4.72 Å². The van der Waals surface area contributed by atoms with Crippen LogP contribution in [0.3, 0.4) is 0 Å². The molecule has 6 heteroatoms. The zero-order valence-corrected chi connectivity index (χ0v) is 17.3. The van der Waals surface area contributed by atoms with E-state index in [0.29, 0.717) is 0 Å². The molecule has 2 aromatic carbocycles. The molecule has 0 spiro atoms. The van der Waals surface area contributed by atoms with Crippen molar-refractivity contribution in [2.24, 2.45) is 5.92 Å². The summed E-state index contributed by atoms with van der Waals surface area (Å²) in [6.07, 6.45) is 0. The highest BCUT2D eigenvalue weighted by atomic mass is 32.2. The Labute approximate surface area is 162 Å². The smallest absolute Gasteiger partial charge is 0.241 e. The van der Waals surface area contributed by atoms with Gasteiger partial charge in [0.05, 0.1) is 17.0 Å². The van der Waals surface area contributed by atoms with Gasteiger partial charge in [0, 0.05) is 0 Å². The van der Waals surface area contributed by atoms with Gasteiger partial charge < -0.3 is 5.32 Å². The van der Waals surface area contributed by atoms with Crippen molar-refractivity contribution in [2.75, 3.05) is 0 Å². The molecule has 0 saturated carbocycles. The van der Waals surface area contributed by atoms with Crippen molar-refractivity contribution in [1.82, 2.24) is 10.0 Å². The van der Waals surface area contributed by atoms with Crippen molar-refractivity contribution in [3.63, 3.8) is 0 Å². The van der Waals surface area contributed by atoms with E-state index in [-0.39, 0.29) is 22.8 Å². The molecule has 0 radical (unpaired) electrons. The molecular formula is C21H28N2O3S. The van der Waals surface area contributed by atoms with E-state index in [4.69, 9.17) is 0 Å². The van der Waals surface area contributed by atoms with Crippen LogP contribution in [0.15, 0.2) is 53.4 Å². The highest BCUT2D eigenvalue weighted by Gasteiger charge is 2.26. The van der Waals surface area contributed by atoms with Crippen LogP contribution >= 0.6 is 0 Å². The van der Waals surface area contributed by atoms with Gasteiger partial charge in [0.25, 0.3) is 0 Å². The van der Waals surface area contributed by atoms with Gasteiger partial charge in [-0.1, -0.05) is 55.8 Å². The molecule has 0 heterocycles. The van der Waals surface area contributed by atoms with E-state index in [1.165, 1.54) is 12.1 Å². The van der Waals surface area contributed by atoms with Gasteiger partial charge in [-0.3, -0.25) is 4.79 Å². The second-order valence-electron chi connectivity index (χ2n) is 7.24. The maximum Gasteiger partial charge on any atom is 0.241 e. The second kappa shape index (κ2) is 8.67. The minimum atomic E-state index is -3.76. The Balaban J connectivity index is 2.14. The molecule has 0 aliphatic heterocycles. The maximum atomic E-state index is 12.7. The van der Waals surface area contributed by atoms with Crippen LogP contribution in [0.1, 0.15) is 43.5 Å². The minimum absolute atomic E-state index is 0.145. The minimum Gasteiger partial charge on any atom is -0.348 e. The molecule has 2 aromatic rings. The standard InChI is InChI=1S/C21H28N2O3S/c1-14(2)20(19-9-7-6-8-16(19)4)22-21(24)17(5)23-27(25,26)18-12-10-15(3)11-13-18/h6-14,17,20,23H,1-5H3,(H,22,24)/t17-,20?/m0/s1. The third kappa shape index (κ3) is 5.40. The van der Waals surface area contributed by atoms with Crippen LogP contribution in [0.2, 0.25) is 0 Å². The van der Waals surface area contributed by atoms with Crippen molar-refractivity contribution in [3.05, 3.63) is 65.2 Å². The molecule has 0 aliphatic carbocycles. The van der Waals surface area contributed by atoms with Crippen molar-refractivity contribution < 1.29 is 13.2 Å². The molecule has 27 heavy (non-hydrogen) atoms. The molecule has 5 nitrogen and oxygen atoms in total. The van der Waals surface area contributed by atoms with E-state index in [2.05, 4.69) is 10.0 Å². The van der Waals surface area contributed by atoms with Crippen LogP contribution in [0.25, 0.3) is 0 Å². The zero-order chi connectivity index (χ0) is 20.2. The van der Waals surface area contributed by atoms with Crippen molar-refractivity contribution in [1.29, 1.82) is 0 Å². The van der Waals surface area contributed by atoms with Gasteiger partial charge >= 0.3 is 0 Å². The first-order valence-corrected chi connectivity index (χ1v) is 10.5. The average Bonchev–Trinajstić information content (AvgIpc) is 2.60. The second-order valence-corrected chi connectivity index (χ2v) is 8.96. The summed E-state index contributed by atoms with van der Waals surface area (Å²) < 4.78 is 27.5. The number of benzene rings is 2. The SMILES string of the molecule is Cc1ccc(S(=O)(=O)N[C@@H](C)C(=O)NC(c2ccccc2C)C(C)C)cc1. The number of carbonyl (C=O) groups is 1. The molecule has 0 aromatic heterocycles. The highest BCUT2D eigenvalue weighted by Crippen LogP contribution is 2.24. The van der Waals surface area contributed by atoms with Gasteiger partial charge in [0.15, 0.2) is 0 Å². The summed E-state index contributed by atoms with van der Waals surface area (Å²) in [5.74, 6) is -0.191. The summed E-state index contributed by atoms with van der Waals surface area (Å²) in [6.45, 7) is 9.49. The normalized spacial score (nSPS) is 14.0. The van der Waals surface area contributed by atoms with Crippen molar-refractivity contribution in [3.8, 4) is 0 Å². The molecule has 0 fully saturated rings. The summed E-state index contributed by atoms with van der Waals surface area (Å²) in [5, 5.41) is 2.99. The van der Waals surface area contributed by atoms with Crippen LogP contribution in [0.4, 0.5) is 0 Å². The summed E-state index contributed by atoms with van der Waals surface area (Å²) in [6, 6.07) is 13.3. The van der Waals surface area contributed by atoms with Crippen molar-refractivity contribution >= 4 is 15.9 Å². The molecule has 2 rings (SSSR count). The Kier molecular flexibility index (Phi) is 6.78. The van der Waals surface area contributed by atoms with Gasteiger partial charge in [-0.25, -0.2) is 8.42 Å². The van der Waals surface area contributed by atoms with E-state index in [1.807, 2.05) is 52.0 Å². The van der Waals surface area contributed by atoms with Crippen LogP contribution in [-0.2, 0) is 14.8 Å². The number of hydrogen-bond acceptors (Lipinski definition) is 3. The van der Waals surface area contributed by atoms with E-state index in [9.17, 15) is 13.2 Å². The predicted octanol–water partition coefficient (Wildman–Crippen LogP) is 3.48. The molecule has 2 atom stereocenters. The third-order valence-electron chi connectivity index (χ3n) is 4.54. The van der Waals surface area contributed by atoms with Gasteiger partial charge in [-0.05, 0) is 49.9 Å². The topological polar surface area (TPSA) is 75.3 Å². The van der Waals surface area contributed by atoms with Gasteiger partial charge in [0.2, 0.25) is 15.9 Å². The fourth-order valence-electron chi connectivity index (χ4n) is 2.89. The lowest BCUT2D eigenvalue weighted by atomic mass is 9.92. The molecular weight excluding hydrogens is 360 g/mol. The predicted molar refractivity (Wildman–Crippen MR) is 108 cm³/mol. The lowest BCUT2D eigenvalue weighted by Gasteiger charge is -2.26. The number of sulfonamides is 1. The van der Waals surface area contributed by atoms with E-state index < -0.39 is 16.1 Å². The molecule has 1 unspecified atom stereocenters. The van der Waals surface area contributed by atoms with Crippen LogP contribution in [0.5, 0.6) is 0 Å². The lowest BCUT2D eigenvalue weighted by Crippen LogP contribution is -2.46. The molecule has 0 bridgehead atoms. The number of nitrogens with one attached hydrogen (secondary N) is 2. The molecule has 0 aliphatic rings. The Morgan fingerprint density at radius 3 is 2.07 bits per heavy atom. The number of rotatable bonds is 7. The quantitative estimate of drug-likeness (QED) is 0.762. The van der Waals surface area contributed by atoms with Crippen LogP contribution in [-0.4, -0.2) is 20.4 Å². The summed E-state index contributed by atoms with van der Waals surface area (Å²) in [4.78, 5) is 12.8. The third-order valence-corrected chi connectivity index (χ3v) is 6.10. The molecule has 1 amide bonds. The van der Waals surface area contributed by atoms with E-state index >= 15 is 0 Å². The van der Waals surface area contributed by atoms with E-state index in [1.54, 1.807) is 19.1 Å². The van der Waals surface area contributed by atoms with Gasteiger partial charge in [-0.15, -0.1) is 0 Å². The first-order chi connectivity index (χ1) is 12.6. The van der Waals surface area contributed by atoms with Gasteiger partial charge in [0.1, 0.15) is 0 Å². The largest absolute Gasteiger partial charge is 0.348 e. The molecule has 0 saturated heterocycles. The highest BCUT2D eigenvalue weighted by molar-refractivity contribution is 7.89. The number of amides is 1. The summed E-state index contributed by atoms with van der Waals surface area (Å²) in [5.41, 5.74) is 3.09. The van der Waals surface area contributed by atoms with Crippen molar-refractivity contribution in [2.45, 2.75) is 51.6 Å². The monoisotopic (exact) mass is 388 g/mol. The fourth-order valence-corrected chi connectivity index (χ4v) is 4.09.